The summed E-state index contributed by atoms with van der Waals surface area (Å²) in [7, 11) is 0.561. The molecule has 1 aliphatic rings. The normalized spacial score (nSPS) is 14.1. The highest BCUT2D eigenvalue weighted by Gasteiger charge is 2.23. The van der Waals surface area contributed by atoms with E-state index in [1.165, 1.54) is 62.5 Å². The summed E-state index contributed by atoms with van der Waals surface area (Å²) in [5.74, 6) is 0.544. The number of piperidine rings is 1. The summed E-state index contributed by atoms with van der Waals surface area (Å²) in [6.45, 7) is 3.70. The zero-order valence-electron chi connectivity index (χ0n) is 22.1. The first-order valence-corrected chi connectivity index (χ1v) is 14.1. The molecule has 202 valence electrons. The molecule has 1 saturated heterocycles. The molecular formula is C29H35N3O5S. The number of anilines is 1. The van der Waals surface area contributed by atoms with Crippen LogP contribution in [0.2, 0.25) is 0 Å². The van der Waals surface area contributed by atoms with Crippen molar-refractivity contribution in [3.8, 4) is 11.5 Å². The molecule has 3 aromatic rings. The van der Waals surface area contributed by atoms with Gasteiger partial charge in [-0.05, 0) is 73.5 Å². The quantitative estimate of drug-likeness (QED) is 0.411. The number of benzene rings is 3. The second kappa shape index (κ2) is 12.3. The van der Waals surface area contributed by atoms with Gasteiger partial charge >= 0.3 is 0 Å². The lowest BCUT2D eigenvalue weighted by Crippen LogP contribution is -2.29. The summed E-state index contributed by atoms with van der Waals surface area (Å²) in [5, 5.41) is 2.94. The van der Waals surface area contributed by atoms with Crippen LogP contribution < -0.4 is 19.1 Å². The van der Waals surface area contributed by atoms with Crippen LogP contribution in [-0.2, 0) is 23.1 Å². The van der Waals surface area contributed by atoms with Crippen LogP contribution in [0, 0.1) is 0 Å². The average molecular weight is 538 g/mol. The lowest BCUT2D eigenvalue weighted by Gasteiger charge is -2.26. The highest BCUT2D eigenvalue weighted by atomic mass is 32.2. The van der Waals surface area contributed by atoms with E-state index in [9.17, 15) is 13.2 Å². The molecular weight excluding hydrogens is 502 g/mol. The van der Waals surface area contributed by atoms with Crippen LogP contribution in [-0.4, -0.2) is 53.6 Å². The van der Waals surface area contributed by atoms with E-state index in [4.69, 9.17) is 9.47 Å². The molecule has 4 rings (SSSR count). The van der Waals surface area contributed by atoms with Gasteiger partial charge in [0.25, 0.3) is 15.9 Å². The number of hydrogen-bond acceptors (Lipinski definition) is 6. The molecule has 0 aromatic heterocycles. The van der Waals surface area contributed by atoms with Gasteiger partial charge in [0.05, 0.1) is 24.8 Å². The summed E-state index contributed by atoms with van der Waals surface area (Å²) < 4.78 is 37.9. The number of sulfonamides is 1. The van der Waals surface area contributed by atoms with Crippen molar-refractivity contribution in [1.82, 2.24) is 10.2 Å². The number of carbonyl (C=O) groups excluding carboxylic acids is 1. The van der Waals surface area contributed by atoms with E-state index in [2.05, 4.69) is 34.5 Å². The molecule has 8 nitrogen and oxygen atoms in total. The summed E-state index contributed by atoms with van der Waals surface area (Å²) in [6.07, 6.45) is 3.87. The van der Waals surface area contributed by atoms with E-state index in [0.29, 0.717) is 29.3 Å². The molecule has 3 aromatic carbocycles. The van der Waals surface area contributed by atoms with Crippen LogP contribution in [0.15, 0.2) is 71.6 Å². The average Bonchev–Trinajstić information content (AvgIpc) is 2.96. The Labute approximate surface area is 225 Å². The van der Waals surface area contributed by atoms with E-state index in [1.807, 2.05) is 0 Å². The smallest absolute Gasteiger partial charge is 0.264 e. The minimum Gasteiger partial charge on any atom is -0.493 e. The minimum atomic E-state index is -3.85. The van der Waals surface area contributed by atoms with Gasteiger partial charge in [-0.15, -0.1) is 0 Å². The van der Waals surface area contributed by atoms with Gasteiger partial charge < -0.3 is 14.8 Å². The monoisotopic (exact) mass is 537 g/mol. The number of carbonyl (C=O) groups is 1. The predicted octanol–water partition coefficient (Wildman–Crippen LogP) is 4.44. The Morgan fingerprint density at radius 3 is 2.13 bits per heavy atom. The van der Waals surface area contributed by atoms with Crippen molar-refractivity contribution in [2.45, 2.75) is 37.2 Å². The van der Waals surface area contributed by atoms with Gasteiger partial charge in [-0.3, -0.25) is 14.0 Å². The SMILES string of the molecule is COc1ccc(S(=O)(=O)N(C)c2ccc(C(=O)NCc3ccc(CN4CCCCC4)cc3)cc2)cc1OC. The lowest BCUT2D eigenvalue weighted by molar-refractivity contribution is 0.0951. The Kier molecular flexibility index (Phi) is 8.91. The first kappa shape index (κ1) is 27.5. The van der Waals surface area contributed by atoms with E-state index in [-0.39, 0.29) is 10.8 Å². The molecule has 9 heteroatoms. The number of methoxy groups -OCH3 is 2. The second-order valence-corrected chi connectivity index (χ2v) is 11.3. The van der Waals surface area contributed by atoms with Crippen molar-refractivity contribution >= 4 is 21.6 Å². The zero-order valence-corrected chi connectivity index (χ0v) is 23.0. The van der Waals surface area contributed by atoms with Gasteiger partial charge in [-0.1, -0.05) is 30.7 Å². The van der Waals surface area contributed by atoms with Crippen LogP contribution in [0.1, 0.15) is 40.7 Å². The zero-order chi connectivity index (χ0) is 27.1. The summed E-state index contributed by atoms with van der Waals surface area (Å²) in [6, 6.07) is 19.3. The standard InChI is InChI=1S/C29H35N3O5S/c1-31(38(34,35)26-15-16-27(36-2)28(19-26)37-3)25-13-11-24(12-14-25)29(33)30-20-22-7-9-23(10-8-22)21-32-17-5-4-6-18-32/h7-16,19H,4-6,17-18,20-21H2,1-3H3,(H,30,33). The van der Waals surface area contributed by atoms with Crippen LogP contribution in [0.5, 0.6) is 11.5 Å². The molecule has 0 atom stereocenters. The topological polar surface area (TPSA) is 88.2 Å². The first-order chi connectivity index (χ1) is 18.3. The lowest BCUT2D eigenvalue weighted by atomic mass is 10.1. The molecule has 1 aliphatic heterocycles. The Hall–Kier alpha value is -3.56. The largest absolute Gasteiger partial charge is 0.493 e. The fraction of sp³-hybridized carbons (Fsp3) is 0.345. The van der Waals surface area contributed by atoms with Crippen molar-refractivity contribution in [1.29, 1.82) is 0 Å². The van der Waals surface area contributed by atoms with Crippen molar-refractivity contribution in [3.63, 3.8) is 0 Å². The molecule has 0 aliphatic carbocycles. The Balaban J connectivity index is 1.35. The van der Waals surface area contributed by atoms with Crippen LogP contribution >= 0.6 is 0 Å². The molecule has 1 fully saturated rings. The minimum absolute atomic E-state index is 0.0708. The molecule has 38 heavy (non-hydrogen) atoms. The maximum atomic E-state index is 13.2. The maximum Gasteiger partial charge on any atom is 0.264 e. The summed E-state index contributed by atoms with van der Waals surface area (Å²) >= 11 is 0. The maximum absolute atomic E-state index is 13.2. The molecule has 1 heterocycles. The van der Waals surface area contributed by atoms with Gasteiger partial charge in [0.15, 0.2) is 11.5 Å². The number of rotatable bonds is 10. The third-order valence-electron chi connectivity index (χ3n) is 6.84. The van der Waals surface area contributed by atoms with Crippen molar-refractivity contribution in [3.05, 3.63) is 83.4 Å². The number of nitrogens with zero attached hydrogens (tertiary/aromatic N) is 2. The number of hydrogen-bond donors (Lipinski definition) is 1. The summed E-state index contributed by atoms with van der Waals surface area (Å²) in [5.41, 5.74) is 3.19. The summed E-state index contributed by atoms with van der Waals surface area (Å²) in [4.78, 5) is 15.3. The third-order valence-corrected chi connectivity index (χ3v) is 8.62. The molecule has 1 N–H and O–H groups in total. The van der Waals surface area contributed by atoms with E-state index >= 15 is 0 Å². The Morgan fingerprint density at radius 1 is 0.868 bits per heavy atom. The first-order valence-electron chi connectivity index (χ1n) is 12.7. The Bertz CT molecular complexity index is 1340. The highest BCUT2D eigenvalue weighted by molar-refractivity contribution is 7.92. The molecule has 0 radical (unpaired) electrons. The van der Waals surface area contributed by atoms with Crippen molar-refractivity contribution in [2.75, 3.05) is 38.7 Å². The van der Waals surface area contributed by atoms with Gasteiger partial charge in [0, 0.05) is 31.8 Å². The van der Waals surface area contributed by atoms with E-state index < -0.39 is 10.0 Å². The van der Waals surface area contributed by atoms with Crippen molar-refractivity contribution in [2.24, 2.45) is 0 Å². The van der Waals surface area contributed by atoms with Gasteiger partial charge in [-0.2, -0.15) is 0 Å². The van der Waals surface area contributed by atoms with Gasteiger partial charge in [-0.25, -0.2) is 8.42 Å². The fourth-order valence-corrected chi connectivity index (χ4v) is 5.73. The van der Waals surface area contributed by atoms with Gasteiger partial charge in [0.1, 0.15) is 0 Å². The number of nitrogens with one attached hydrogen (secondary N) is 1. The number of ether oxygens (including phenoxy) is 2. The van der Waals surface area contributed by atoms with E-state index in [1.54, 1.807) is 30.3 Å². The third kappa shape index (κ3) is 6.46. The fourth-order valence-electron chi connectivity index (χ4n) is 4.52. The van der Waals surface area contributed by atoms with Crippen molar-refractivity contribution < 1.29 is 22.7 Å². The van der Waals surface area contributed by atoms with Crippen LogP contribution in [0.3, 0.4) is 0 Å². The molecule has 0 unspecified atom stereocenters. The molecule has 1 amide bonds. The Morgan fingerprint density at radius 2 is 1.50 bits per heavy atom. The molecule has 0 spiro atoms. The highest BCUT2D eigenvalue weighted by Crippen LogP contribution is 2.31. The second-order valence-electron chi connectivity index (χ2n) is 9.37. The van der Waals surface area contributed by atoms with Crippen LogP contribution in [0.4, 0.5) is 5.69 Å². The molecule has 0 bridgehead atoms. The molecule has 0 saturated carbocycles. The number of likely N-dealkylation sites (tertiary alicyclic amines) is 1. The van der Waals surface area contributed by atoms with Gasteiger partial charge in [0.2, 0.25) is 0 Å². The van der Waals surface area contributed by atoms with Crippen LogP contribution in [0.25, 0.3) is 0 Å². The predicted molar refractivity (Wildman–Crippen MR) is 148 cm³/mol. The number of amides is 1. The van der Waals surface area contributed by atoms with E-state index in [0.717, 1.165) is 25.2 Å².